The zero-order valence-electron chi connectivity index (χ0n) is 10.9. The lowest BCUT2D eigenvalue weighted by Crippen LogP contribution is -2.11. The van der Waals surface area contributed by atoms with E-state index in [2.05, 4.69) is 25.6 Å². The van der Waals surface area contributed by atoms with Crippen molar-refractivity contribution in [3.8, 4) is 0 Å². The number of anilines is 1. The third-order valence-electron chi connectivity index (χ3n) is 3.01. The first kappa shape index (κ1) is 14.7. The van der Waals surface area contributed by atoms with Crippen LogP contribution in [0.3, 0.4) is 0 Å². The van der Waals surface area contributed by atoms with Gasteiger partial charge in [-0.1, -0.05) is 22.0 Å². The van der Waals surface area contributed by atoms with E-state index in [1.807, 2.05) is 6.07 Å². The SMILES string of the molecule is O=[N+]([O-])c1ccc2c(c1)C(Nc1cccc(Br)c1)=NS2(=O)=O. The van der Waals surface area contributed by atoms with Gasteiger partial charge in [-0.05, 0) is 24.3 Å². The van der Waals surface area contributed by atoms with Crippen LogP contribution in [0.4, 0.5) is 11.4 Å². The molecule has 3 rings (SSSR count). The van der Waals surface area contributed by atoms with E-state index in [9.17, 15) is 18.5 Å². The molecule has 0 radical (unpaired) electrons. The fourth-order valence-electron chi connectivity index (χ4n) is 2.05. The van der Waals surface area contributed by atoms with Crippen LogP contribution in [-0.2, 0) is 10.0 Å². The molecule has 112 valence electrons. The Hall–Kier alpha value is -2.26. The van der Waals surface area contributed by atoms with Gasteiger partial charge in [0.25, 0.3) is 15.7 Å². The summed E-state index contributed by atoms with van der Waals surface area (Å²) in [6.45, 7) is 0. The Balaban J connectivity index is 2.08. The van der Waals surface area contributed by atoms with Gasteiger partial charge in [-0.15, -0.1) is 4.40 Å². The van der Waals surface area contributed by atoms with Crippen molar-refractivity contribution in [1.29, 1.82) is 0 Å². The Labute approximate surface area is 134 Å². The van der Waals surface area contributed by atoms with Gasteiger partial charge in [0.05, 0.1) is 4.92 Å². The Morgan fingerprint density at radius 1 is 1.18 bits per heavy atom. The number of fused-ring (bicyclic) bond motifs is 1. The summed E-state index contributed by atoms with van der Waals surface area (Å²) in [6, 6.07) is 10.6. The number of amidine groups is 1. The molecule has 0 unspecified atom stereocenters. The molecule has 0 saturated carbocycles. The van der Waals surface area contributed by atoms with Crippen molar-refractivity contribution in [3.05, 3.63) is 62.6 Å². The summed E-state index contributed by atoms with van der Waals surface area (Å²) in [7, 11) is -3.84. The number of nitrogens with zero attached hydrogens (tertiary/aromatic N) is 2. The quantitative estimate of drug-likeness (QED) is 0.636. The van der Waals surface area contributed by atoms with Crippen molar-refractivity contribution in [3.63, 3.8) is 0 Å². The van der Waals surface area contributed by atoms with Crippen molar-refractivity contribution in [1.82, 2.24) is 0 Å². The second-order valence-electron chi connectivity index (χ2n) is 4.49. The number of benzene rings is 2. The second-order valence-corrected chi connectivity index (χ2v) is 6.98. The number of nitrogens with one attached hydrogen (secondary N) is 1. The molecule has 0 saturated heterocycles. The lowest BCUT2D eigenvalue weighted by molar-refractivity contribution is -0.384. The molecule has 0 aromatic heterocycles. The molecule has 2 aromatic rings. The van der Waals surface area contributed by atoms with Crippen LogP contribution in [0.15, 0.2) is 56.2 Å². The summed E-state index contributed by atoms with van der Waals surface area (Å²) in [5, 5.41) is 13.7. The standard InChI is InChI=1S/C13H8BrN3O4S/c14-8-2-1-3-9(6-8)15-13-11-7-10(17(18)19)4-5-12(11)22(20,21)16-13/h1-7H,(H,15,16). The fraction of sp³-hybridized carbons (Fsp3) is 0. The van der Waals surface area contributed by atoms with Gasteiger partial charge in [0.1, 0.15) is 4.90 Å². The molecule has 2 aromatic carbocycles. The summed E-state index contributed by atoms with van der Waals surface area (Å²) in [6.07, 6.45) is 0. The van der Waals surface area contributed by atoms with E-state index in [0.717, 1.165) is 10.5 Å². The smallest absolute Gasteiger partial charge is 0.285 e. The van der Waals surface area contributed by atoms with Gasteiger partial charge in [-0.2, -0.15) is 8.42 Å². The van der Waals surface area contributed by atoms with Gasteiger partial charge in [0.15, 0.2) is 5.84 Å². The van der Waals surface area contributed by atoms with E-state index in [0.29, 0.717) is 5.69 Å². The number of non-ortho nitro benzene ring substituents is 1. The molecule has 1 N–H and O–H groups in total. The average molecular weight is 382 g/mol. The Bertz CT molecular complexity index is 925. The molecule has 0 spiro atoms. The molecule has 1 aliphatic heterocycles. The highest BCUT2D eigenvalue weighted by molar-refractivity contribution is 9.10. The van der Waals surface area contributed by atoms with E-state index >= 15 is 0 Å². The van der Waals surface area contributed by atoms with Crippen LogP contribution in [0, 0.1) is 10.1 Å². The minimum atomic E-state index is -3.84. The maximum absolute atomic E-state index is 12.0. The molecule has 0 amide bonds. The Morgan fingerprint density at radius 3 is 2.64 bits per heavy atom. The molecule has 0 atom stereocenters. The molecule has 0 fully saturated rings. The summed E-state index contributed by atoms with van der Waals surface area (Å²) < 4.78 is 28.4. The molecular weight excluding hydrogens is 374 g/mol. The third kappa shape index (κ3) is 2.60. The number of hydrogen-bond acceptors (Lipinski definition) is 5. The molecular formula is C13H8BrN3O4S. The highest BCUT2D eigenvalue weighted by Crippen LogP contribution is 2.30. The Kier molecular flexibility index (Phi) is 3.45. The Morgan fingerprint density at radius 2 is 1.95 bits per heavy atom. The van der Waals surface area contributed by atoms with E-state index in [4.69, 9.17) is 0 Å². The summed E-state index contributed by atoms with van der Waals surface area (Å²) in [5.41, 5.74) is 0.608. The summed E-state index contributed by atoms with van der Waals surface area (Å²) >= 11 is 3.31. The zero-order chi connectivity index (χ0) is 15.9. The van der Waals surface area contributed by atoms with Crippen molar-refractivity contribution in [2.75, 3.05) is 5.32 Å². The molecule has 7 nitrogen and oxygen atoms in total. The minimum Gasteiger partial charge on any atom is -0.339 e. The molecule has 0 aliphatic carbocycles. The first-order valence-corrected chi connectivity index (χ1v) is 8.26. The van der Waals surface area contributed by atoms with Crippen LogP contribution in [-0.4, -0.2) is 19.2 Å². The zero-order valence-corrected chi connectivity index (χ0v) is 13.3. The molecule has 1 aliphatic rings. The third-order valence-corrected chi connectivity index (χ3v) is 4.83. The van der Waals surface area contributed by atoms with E-state index in [1.165, 1.54) is 12.1 Å². The lowest BCUT2D eigenvalue weighted by Gasteiger charge is -2.06. The van der Waals surface area contributed by atoms with Crippen LogP contribution < -0.4 is 5.32 Å². The van der Waals surface area contributed by atoms with Gasteiger partial charge in [-0.3, -0.25) is 10.1 Å². The monoisotopic (exact) mass is 381 g/mol. The number of sulfonamides is 1. The molecule has 9 heteroatoms. The number of nitro groups is 1. The largest absolute Gasteiger partial charge is 0.339 e. The van der Waals surface area contributed by atoms with Gasteiger partial charge in [0, 0.05) is 27.9 Å². The first-order valence-electron chi connectivity index (χ1n) is 6.03. The van der Waals surface area contributed by atoms with E-state index < -0.39 is 14.9 Å². The molecule has 1 heterocycles. The number of rotatable bonds is 2. The average Bonchev–Trinajstić information content (AvgIpc) is 2.70. The van der Waals surface area contributed by atoms with Gasteiger partial charge in [0.2, 0.25) is 0 Å². The number of hydrogen-bond donors (Lipinski definition) is 1. The van der Waals surface area contributed by atoms with Crippen molar-refractivity contribution < 1.29 is 13.3 Å². The molecule has 0 bridgehead atoms. The summed E-state index contributed by atoms with van der Waals surface area (Å²) in [5.74, 6) is 0.0665. The maximum atomic E-state index is 12.0. The van der Waals surface area contributed by atoms with Crippen molar-refractivity contribution in [2.24, 2.45) is 4.40 Å². The highest BCUT2D eigenvalue weighted by Gasteiger charge is 2.30. The first-order chi connectivity index (χ1) is 10.4. The van der Waals surface area contributed by atoms with E-state index in [-0.39, 0.29) is 22.0 Å². The van der Waals surface area contributed by atoms with Crippen LogP contribution in [0.25, 0.3) is 0 Å². The predicted octanol–water partition coefficient (Wildman–Crippen LogP) is 2.92. The normalized spacial score (nSPS) is 15.0. The van der Waals surface area contributed by atoms with Crippen molar-refractivity contribution >= 4 is 43.2 Å². The molecule has 22 heavy (non-hydrogen) atoms. The minimum absolute atomic E-state index is 0.0457. The van der Waals surface area contributed by atoms with Gasteiger partial charge >= 0.3 is 0 Å². The predicted molar refractivity (Wildman–Crippen MR) is 84.6 cm³/mol. The van der Waals surface area contributed by atoms with Crippen LogP contribution in [0.2, 0.25) is 0 Å². The fourth-order valence-corrected chi connectivity index (χ4v) is 3.61. The van der Waals surface area contributed by atoms with Crippen LogP contribution >= 0.6 is 15.9 Å². The van der Waals surface area contributed by atoms with Crippen molar-refractivity contribution in [2.45, 2.75) is 4.90 Å². The van der Waals surface area contributed by atoms with Crippen LogP contribution in [0.1, 0.15) is 5.56 Å². The number of halogens is 1. The van der Waals surface area contributed by atoms with Gasteiger partial charge < -0.3 is 5.32 Å². The topological polar surface area (TPSA) is 102 Å². The second kappa shape index (κ2) is 5.18. The highest BCUT2D eigenvalue weighted by atomic mass is 79.9. The van der Waals surface area contributed by atoms with Gasteiger partial charge in [-0.25, -0.2) is 0 Å². The maximum Gasteiger partial charge on any atom is 0.285 e. The lowest BCUT2D eigenvalue weighted by atomic mass is 10.1. The van der Waals surface area contributed by atoms with Crippen LogP contribution in [0.5, 0.6) is 0 Å². The summed E-state index contributed by atoms with van der Waals surface area (Å²) in [4.78, 5) is 10.2. The number of nitro benzene ring substituents is 1. The van der Waals surface area contributed by atoms with E-state index in [1.54, 1.807) is 18.2 Å².